The molecule has 0 spiro atoms. The van der Waals surface area contributed by atoms with Crippen molar-refractivity contribution in [1.29, 1.82) is 0 Å². The summed E-state index contributed by atoms with van der Waals surface area (Å²) in [4.78, 5) is 11.8. The van der Waals surface area contributed by atoms with Crippen LogP contribution >= 0.6 is 0 Å². The molecule has 0 saturated heterocycles. The number of rotatable bonds is 3. The third-order valence-electron chi connectivity index (χ3n) is 15.4. The molecule has 0 radical (unpaired) electrons. The van der Waals surface area contributed by atoms with E-state index in [1.165, 1.54) is 71.6 Å². The Morgan fingerprint density at radius 3 is 2.06 bits per heavy atom. The molecule has 324 valence electrons. The van der Waals surface area contributed by atoms with Gasteiger partial charge in [0.2, 0.25) is 0 Å². The number of amidine groups is 1. The van der Waals surface area contributed by atoms with Crippen molar-refractivity contribution in [3.63, 3.8) is 0 Å². The molecule has 2 atom stereocenters. The van der Waals surface area contributed by atoms with E-state index < -0.39 is 0 Å². The van der Waals surface area contributed by atoms with Gasteiger partial charge in [0.15, 0.2) is 5.84 Å². The highest BCUT2D eigenvalue weighted by atomic mass is 16.3. The highest BCUT2D eigenvalue weighted by Crippen LogP contribution is 2.49. The molecule has 10 aromatic carbocycles. The Morgan fingerprint density at radius 1 is 0.464 bits per heavy atom. The van der Waals surface area contributed by atoms with Gasteiger partial charge in [0.25, 0.3) is 0 Å². The van der Waals surface area contributed by atoms with Crippen LogP contribution in [-0.2, 0) is 6.42 Å². The highest BCUT2D eigenvalue weighted by molar-refractivity contribution is 6.26. The van der Waals surface area contributed by atoms with Crippen molar-refractivity contribution in [3.8, 4) is 16.8 Å². The average molecular weight is 882 g/mol. The van der Waals surface area contributed by atoms with E-state index in [0.717, 1.165) is 73.7 Å². The van der Waals surface area contributed by atoms with E-state index in [-0.39, 0.29) is 11.8 Å². The Balaban J connectivity index is 1.02. The van der Waals surface area contributed by atoms with E-state index in [0.29, 0.717) is 12.3 Å². The fourth-order valence-corrected chi connectivity index (χ4v) is 12.3. The van der Waals surface area contributed by atoms with Crippen LogP contribution in [0.3, 0.4) is 0 Å². The zero-order valence-electron chi connectivity index (χ0n) is 37.7. The molecular weight excluding hydrogens is 839 g/mol. The Morgan fingerprint density at radius 2 is 1.14 bits per heavy atom. The second-order valence-corrected chi connectivity index (χ2v) is 19.0. The lowest BCUT2D eigenvalue weighted by molar-refractivity contribution is 0.646. The smallest absolute Gasteiger partial charge is 0.160 e. The molecule has 2 aliphatic heterocycles. The van der Waals surface area contributed by atoms with Gasteiger partial charge in [0, 0.05) is 55.6 Å². The van der Waals surface area contributed by atoms with Gasteiger partial charge >= 0.3 is 0 Å². The minimum absolute atomic E-state index is 0.00738. The van der Waals surface area contributed by atoms with Crippen molar-refractivity contribution < 1.29 is 4.42 Å². The number of aliphatic imine (C=N–C) groups is 2. The van der Waals surface area contributed by atoms with Gasteiger partial charge in [0.1, 0.15) is 11.2 Å². The van der Waals surface area contributed by atoms with Crippen LogP contribution < -0.4 is 0 Å². The van der Waals surface area contributed by atoms with Crippen LogP contribution in [-0.4, -0.2) is 16.1 Å². The molecule has 1 aliphatic carbocycles. The molecule has 4 heteroatoms. The first-order valence-electron chi connectivity index (χ1n) is 24.3. The molecule has 2 unspecified atom stereocenters. The summed E-state index contributed by atoms with van der Waals surface area (Å²) in [7, 11) is 0. The van der Waals surface area contributed by atoms with Gasteiger partial charge in [-0.15, -0.1) is 0 Å². The Bertz CT molecular complexity index is 4250. The Hall–Kier alpha value is -8.60. The van der Waals surface area contributed by atoms with Gasteiger partial charge in [0.05, 0.1) is 28.1 Å². The summed E-state index contributed by atoms with van der Waals surface area (Å²) >= 11 is 0. The number of aryl methyl sites for hydroxylation is 1. The topological polar surface area (TPSA) is 42.8 Å². The standard InChI is InChI=1S/C65H43N3O/c1-2-17-41-38-56-42(37-40(41)16-1)31-32-49(44-20-5-6-21-45(44)56)61-54(34-33-52-48-24-9-12-30-60(48)69-64(52)61)57-36-35-50-46-22-7-10-28-58(46)68-59-29-11-8-23-47(59)51-25-14-27-55(63(51)68)62(50)67-65(66-57)53-26-13-18-39-15-3-4-19-43(39)53/h1-30,33-34,36-38,49-50H,31-32,35H2/b57-36+,66-65-,67-62+. The number of nitrogens with zero attached hydrogens (tertiary/aromatic N) is 3. The second kappa shape index (κ2) is 15.0. The third-order valence-corrected chi connectivity index (χ3v) is 15.4. The number of fused-ring (bicyclic) bond motifs is 16. The number of aromatic nitrogens is 1. The first-order chi connectivity index (χ1) is 34.2. The molecule has 15 rings (SSSR count). The largest absolute Gasteiger partial charge is 0.456 e. The maximum Gasteiger partial charge on any atom is 0.160 e. The van der Waals surface area contributed by atoms with Crippen molar-refractivity contribution in [2.24, 2.45) is 9.98 Å². The fraction of sp³-hybridized carbons (Fsp3) is 0.0769. The first kappa shape index (κ1) is 38.5. The van der Waals surface area contributed by atoms with Crippen LogP contribution in [0.4, 0.5) is 0 Å². The summed E-state index contributed by atoms with van der Waals surface area (Å²) in [6.07, 6.45) is 4.95. The molecule has 3 aliphatic rings. The van der Waals surface area contributed by atoms with Gasteiger partial charge in [-0.2, -0.15) is 0 Å². The zero-order chi connectivity index (χ0) is 45.2. The van der Waals surface area contributed by atoms with Gasteiger partial charge in [-0.25, -0.2) is 9.98 Å². The van der Waals surface area contributed by atoms with Crippen LogP contribution in [0.2, 0.25) is 0 Å². The minimum atomic E-state index is -0.0680. The molecule has 4 nitrogen and oxygen atoms in total. The van der Waals surface area contributed by atoms with Crippen LogP contribution in [0.25, 0.3) is 87.8 Å². The summed E-state index contributed by atoms with van der Waals surface area (Å²) in [5.41, 5.74) is 18.3. The molecule has 12 aromatic rings. The third kappa shape index (κ3) is 5.76. The lowest BCUT2D eigenvalue weighted by atomic mass is 9.81. The maximum atomic E-state index is 7.13. The van der Waals surface area contributed by atoms with Gasteiger partial charge in [-0.3, -0.25) is 0 Å². The predicted molar refractivity (Wildman–Crippen MR) is 286 cm³/mol. The summed E-state index contributed by atoms with van der Waals surface area (Å²) in [6, 6.07) is 75.5. The number of hydrogen-bond donors (Lipinski definition) is 0. The SMILES string of the molecule is C1=C(c2ccc3c(oc4ccccc43)c2C2CCc3cc4ccccc4cc3-c3ccccc32)/N=C(c2cccc3ccccc23)\N=C2\c3cccc4c5ccccc5n(c34)-c3ccccc3C2C/1. The van der Waals surface area contributed by atoms with E-state index in [2.05, 4.69) is 217 Å². The van der Waals surface area contributed by atoms with Crippen molar-refractivity contribution in [2.75, 3.05) is 0 Å². The van der Waals surface area contributed by atoms with Crippen molar-refractivity contribution in [2.45, 2.75) is 31.1 Å². The van der Waals surface area contributed by atoms with Crippen LogP contribution in [0.15, 0.2) is 227 Å². The monoisotopic (exact) mass is 881 g/mol. The van der Waals surface area contributed by atoms with E-state index in [9.17, 15) is 0 Å². The van der Waals surface area contributed by atoms with Crippen LogP contribution in [0.5, 0.6) is 0 Å². The Labute approximate surface area is 398 Å². The van der Waals surface area contributed by atoms with E-state index in [1.807, 2.05) is 0 Å². The normalized spacial score (nSPS) is 18.8. The summed E-state index contributed by atoms with van der Waals surface area (Å²) in [5, 5.41) is 9.53. The summed E-state index contributed by atoms with van der Waals surface area (Å²) < 4.78 is 9.61. The number of hydrogen-bond acceptors (Lipinski definition) is 3. The molecular formula is C65H43N3O. The van der Waals surface area contributed by atoms with Gasteiger partial charge < -0.3 is 8.98 Å². The summed E-state index contributed by atoms with van der Waals surface area (Å²) in [6.45, 7) is 0. The lowest BCUT2D eigenvalue weighted by Crippen LogP contribution is -2.18. The predicted octanol–water partition coefficient (Wildman–Crippen LogP) is 16.5. The van der Waals surface area contributed by atoms with Gasteiger partial charge in [-0.05, 0) is 99.0 Å². The molecule has 4 heterocycles. The molecule has 2 aromatic heterocycles. The minimum Gasteiger partial charge on any atom is -0.456 e. The molecule has 69 heavy (non-hydrogen) atoms. The molecule has 0 fully saturated rings. The van der Waals surface area contributed by atoms with Crippen molar-refractivity contribution in [1.82, 2.24) is 4.57 Å². The highest BCUT2D eigenvalue weighted by Gasteiger charge is 2.34. The quantitative estimate of drug-likeness (QED) is 0.174. The van der Waals surface area contributed by atoms with Gasteiger partial charge in [-0.1, -0.05) is 182 Å². The number of benzene rings is 10. The van der Waals surface area contributed by atoms with E-state index in [1.54, 1.807) is 0 Å². The first-order valence-corrected chi connectivity index (χ1v) is 24.3. The summed E-state index contributed by atoms with van der Waals surface area (Å²) in [5.74, 6) is 0.641. The molecule has 0 N–H and O–H groups in total. The molecule has 0 amide bonds. The maximum absolute atomic E-state index is 7.13. The van der Waals surface area contributed by atoms with E-state index >= 15 is 0 Å². The average Bonchev–Trinajstić information content (AvgIpc) is 3.86. The second-order valence-electron chi connectivity index (χ2n) is 19.0. The van der Waals surface area contributed by atoms with Crippen LogP contribution in [0, 0.1) is 0 Å². The molecule has 0 saturated carbocycles. The lowest BCUT2D eigenvalue weighted by Gasteiger charge is -2.25. The number of para-hydroxylation sites is 4. The molecule has 0 bridgehead atoms. The van der Waals surface area contributed by atoms with E-state index in [4.69, 9.17) is 14.4 Å². The Kier molecular flexibility index (Phi) is 8.34. The van der Waals surface area contributed by atoms with Crippen molar-refractivity contribution in [3.05, 3.63) is 251 Å². The fourth-order valence-electron chi connectivity index (χ4n) is 12.3. The number of furan rings is 1. The van der Waals surface area contributed by atoms with Crippen molar-refractivity contribution >= 4 is 82.5 Å². The number of allylic oxidation sites excluding steroid dienone is 1. The zero-order valence-corrected chi connectivity index (χ0v) is 37.7. The van der Waals surface area contributed by atoms with Crippen LogP contribution in [0.1, 0.15) is 63.6 Å².